The van der Waals surface area contributed by atoms with Crippen LogP contribution in [0.4, 0.5) is 4.39 Å². The van der Waals surface area contributed by atoms with Gasteiger partial charge in [0.05, 0.1) is 6.10 Å². The standard InChI is InChI=1S/C19H30FN3O/c1-18(2,3)16(24-5)12-22-17(21-4)23-13-19(9-10-19)14-7-6-8-15(20)11-14/h6-8,11,16H,9-10,12-13H2,1-5H3,(H2,21,22,23). The van der Waals surface area contributed by atoms with Gasteiger partial charge in [0.15, 0.2) is 5.96 Å². The summed E-state index contributed by atoms with van der Waals surface area (Å²) in [4.78, 5) is 4.28. The average Bonchev–Trinajstić information content (AvgIpc) is 3.31. The number of halogens is 1. The first kappa shape index (κ1) is 18.7. The van der Waals surface area contributed by atoms with Crippen LogP contribution in [0.5, 0.6) is 0 Å². The smallest absolute Gasteiger partial charge is 0.191 e. The van der Waals surface area contributed by atoms with E-state index in [9.17, 15) is 4.39 Å². The first-order valence-electron chi connectivity index (χ1n) is 8.54. The van der Waals surface area contributed by atoms with E-state index in [1.54, 1.807) is 26.3 Å². The zero-order valence-corrected chi connectivity index (χ0v) is 15.4. The molecule has 0 aromatic heterocycles. The number of nitrogens with zero attached hydrogens (tertiary/aromatic N) is 1. The minimum atomic E-state index is -0.172. The van der Waals surface area contributed by atoms with E-state index in [0.29, 0.717) is 6.54 Å². The maximum atomic E-state index is 13.5. The molecule has 1 unspecified atom stereocenters. The SMILES string of the molecule is CN=C(NCC(OC)C(C)(C)C)NCC1(c2cccc(F)c2)CC1. The summed E-state index contributed by atoms with van der Waals surface area (Å²) in [7, 11) is 3.49. The fourth-order valence-corrected chi connectivity index (χ4v) is 2.94. The van der Waals surface area contributed by atoms with E-state index in [0.717, 1.165) is 30.9 Å². The number of hydrogen-bond donors (Lipinski definition) is 2. The minimum absolute atomic E-state index is 0.0321. The molecule has 1 fully saturated rings. The van der Waals surface area contributed by atoms with E-state index in [4.69, 9.17) is 4.74 Å². The highest BCUT2D eigenvalue weighted by molar-refractivity contribution is 5.79. The molecule has 134 valence electrons. The van der Waals surface area contributed by atoms with Crippen LogP contribution in [0.1, 0.15) is 39.2 Å². The van der Waals surface area contributed by atoms with Crippen molar-refractivity contribution in [3.63, 3.8) is 0 Å². The molecule has 0 aliphatic heterocycles. The summed E-state index contributed by atoms with van der Waals surface area (Å²) < 4.78 is 19.0. The van der Waals surface area contributed by atoms with Gasteiger partial charge in [-0.05, 0) is 36.0 Å². The molecule has 2 rings (SSSR count). The third kappa shape index (κ3) is 4.69. The van der Waals surface area contributed by atoms with Crippen molar-refractivity contribution in [1.29, 1.82) is 0 Å². The highest BCUT2D eigenvalue weighted by atomic mass is 19.1. The van der Waals surface area contributed by atoms with Crippen LogP contribution in [-0.2, 0) is 10.2 Å². The van der Waals surface area contributed by atoms with Gasteiger partial charge in [-0.3, -0.25) is 4.99 Å². The summed E-state index contributed by atoms with van der Waals surface area (Å²) in [6.07, 6.45) is 2.24. The minimum Gasteiger partial charge on any atom is -0.379 e. The molecule has 1 saturated carbocycles. The molecule has 1 aliphatic rings. The molecular formula is C19H30FN3O. The van der Waals surface area contributed by atoms with Gasteiger partial charge in [0.25, 0.3) is 0 Å². The van der Waals surface area contributed by atoms with Crippen LogP contribution in [0, 0.1) is 11.2 Å². The zero-order chi connectivity index (χ0) is 17.8. The Balaban J connectivity index is 1.90. The monoisotopic (exact) mass is 335 g/mol. The Kier molecular flexibility index (Phi) is 5.86. The highest BCUT2D eigenvalue weighted by Gasteiger charge is 2.44. The topological polar surface area (TPSA) is 45.7 Å². The average molecular weight is 335 g/mol. The first-order chi connectivity index (χ1) is 11.3. The van der Waals surface area contributed by atoms with Crippen LogP contribution < -0.4 is 10.6 Å². The molecule has 0 saturated heterocycles. The molecule has 1 atom stereocenters. The number of methoxy groups -OCH3 is 1. The summed E-state index contributed by atoms with van der Waals surface area (Å²) in [6.45, 7) is 7.91. The van der Waals surface area contributed by atoms with E-state index in [1.165, 1.54) is 6.07 Å². The second-order valence-corrected chi connectivity index (χ2v) is 7.69. The Labute approximate surface area is 144 Å². The highest BCUT2D eigenvalue weighted by Crippen LogP contribution is 2.47. The van der Waals surface area contributed by atoms with Crippen molar-refractivity contribution in [2.75, 3.05) is 27.2 Å². The largest absolute Gasteiger partial charge is 0.379 e. The van der Waals surface area contributed by atoms with Crippen molar-refractivity contribution in [1.82, 2.24) is 10.6 Å². The molecule has 0 amide bonds. The number of aliphatic imine (C=N–C) groups is 1. The van der Waals surface area contributed by atoms with Crippen molar-refractivity contribution in [2.45, 2.75) is 45.1 Å². The summed E-state index contributed by atoms with van der Waals surface area (Å²) >= 11 is 0. The predicted octanol–water partition coefficient (Wildman–Crippen LogP) is 3.08. The van der Waals surface area contributed by atoms with E-state index < -0.39 is 0 Å². The lowest BCUT2D eigenvalue weighted by atomic mass is 9.89. The molecule has 0 heterocycles. The van der Waals surface area contributed by atoms with Crippen LogP contribution in [-0.4, -0.2) is 39.3 Å². The lowest BCUT2D eigenvalue weighted by molar-refractivity contribution is 0.0205. The molecule has 2 N–H and O–H groups in total. The fraction of sp³-hybridized carbons (Fsp3) is 0.632. The number of guanidine groups is 1. The number of rotatable bonds is 6. The fourth-order valence-electron chi connectivity index (χ4n) is 2.94. The van der Waals surface area contributed by atoms with Gasteiger partial charge < -0.3 is 15.4 Å². The lowest BCUT2D eigenvalue weighted by Crippen LogP contribution is -2.46. The number of ether oxygens (including phenoxy) is 1. The zero-order valence-electron chi connectivity index (χ0n) is 15.4. The van der Waals surface area contributed by atoms with Crippen LogP contribution in [0.15, 0.2) is 29.3 Å². The van der Waals surface area contributed by atoms with Gasteiger partial charge in [0, 0.05) is 32.7 Å². The van der Waals surface area contributed by atoms with Crippen molar-refractivity contribution >= 4 is 5.96 Å². The summed E-state index contributed by atoms with van der Waals surface area (Å²) in [6, 6.07) is 6.93. The van der Waals surface area contributed by atoms with Gasteiger partial charge in [0.2, 0.25) is 0 Å². The Morgan fingerprint density at radius 2 is 2.04 bits per heavy atom. The maximum Gasteiger partial charge on any atom is 0.191 e. The van der Waals surface area contributed by atoms with Gasteiger partial charge in [-0.15, -0.1) is 0 Å². The number of benzene rings is 1. The summed E-state index contributed by atoms with van der Waals surface area (Å²) in [5.74, 6) is 0.582. The second-order valence-electron chi connectivity index (χ2n) is 7.69. The first-order valence-corrected chi connectivity index (χ1v) is 8.54. The molecule has 1 aromatic carbocycles. The van der Waals surface area contributed by atoms with Crippen LogP contribution >= 0.6 is 0 Å². The van der Waals surface area contributed by atoms with Crippen molar-refractivity contribution in [3.05, 3.63) is 35.6 Å². The number of nitrogens with one attached hydrogen (secondary N) is 2. The molecule has 24 heavy (non-hydrogen) atoms. The van der Waals surface area contributed by atoms with Crippen molar-refractivity contribution in [2.24, 2.45) is 10.4 Å². The molecule has 0 bridgehead atoms. The number of hydrogen-bond acceptors (Lipinski definition) is 2. The van der Waals surface area contributed by atoms with Crippen LogP contribution in [0.25, 0.3) is 0 Å². The van der Waals surface area contributed by atoms with Gasteiger partial charge in [-0.2, -0.15) is 0 Å². The van der Waals surface area contributed by atoms with Gasteiger partial charge in [-0.25, -0.2) is 4.39 Å². The maximum absolute atomic E-state index is 13.5. The van der Waals surface area contributed by atoms with E-state index in [1.807, 2.05) is 6.07 Å². The van der Waals surface area contributed by atoms with Crippen LogP contribution in [0.2, 0.25) is 0 Å². The van der Waals surface area contributed by atoms with E-state index in [2.05, 4.69) is 36.4 Å². The Morgan fingerprint density at radius 3 is 2.54 bits per heavy atom. The van der Waals surface area contributed by atoms with Gasteiger partial charge in [0.1, 0.15) is 5.82 Å². The lowest BCUT2D eigenvalue weighted by Gasteiger charge is -2.30. The summed E-state index contributed by atoms with van der Waals surface area (Å²) in [5.41, 5.74) is 1.15. The normalized spacial score (nSPS) is 18.2. The van der Waals surface area contributed by atoms with Crippen LogP contribution in [0.3, 0.4) is 0 Å². The molecule has 1 aliphatic carbocycles. The van der Waals surface area contributed by atoms with Gasteiger partial charge in [-0.1, -0.05) is 32.9 Å². The third-order valence-corrected chi connectivity index (χ3v) is 4.81. The predicted molar refractivity (Wildman–Crippen MR) is 96.9 cm³/mol. The Morgan fingerprint density at radius 1 is 1.33 bits per heavy atom. The van der Waals surface area contributed by atoms with E-state index in [-0.39, 0.29) is 22.8 Å². The summed E-state index contributed by atoms with van der Waals surface area (Å²) in [5, 5.41) is 6.71. The van der Waals surface area contributed by atoms with Crippen molar-refractivity contribution in [3.8, 4) is 0 Å². The molecule has 1 aromatic rings. The molecule has 5 heteroatoms. The Hall–Kier alpha value is -1.62. The molecular weight excluding hydrogens is 305 g/mol. The van der Waals surface area contributed by atoms with Gasteiger partial charge >= 0.3 is 0 Å². The molecule has 4 nitrogen and oxygen atoms in total. The van der Waals surface area contributed by atoms with Crippen molar-refractivity contribution < 1.29 is 9.13 Å². The van der Waals surface area contributed by atoms with E-state index >= 15 is 0 Å². The molecule has 0 spiro atoms. The third-order valence-electron chi connectivity index (χ3n) is 4.81. The quantitative estimate of drug-likeness (QED) is 0.620. The second kappa shape index (κ2) is 7.51. The Bertz CT molecular complexity index is 576. The molecule has 0 radical (unpaired) electrons.